The summed E-state index contributed by atoms with van der Waals surface area (Å²) < 4.78 is 0.842. The molecule has 104 valence electrons. The Labute approximate surface area is 133 Å². The number of carbonyl (C=O) groups is 3. The Hall–Kier alpha value is -2.22. The van der Waals surface area contributed by atoms with Crippen LogP contribution in [0.1, 0.15) is 31.1 Å². The number of amides is 3. The van der Waals surface area contributed by atoms with E-state index in [9.17, 15) is 14.4 Å². The Balaban J connectivity index is 2.06. The standard InChI is InChI=1S/C15H9IN2O3/c16-9-4-1-3-8(7-9)13(19)18-14(20)10-5-2-6-11(17)12(10)15(18)21/h1-7H,17H2. The van der Waals surface area contributed by atoms with Gasteiger partial charge in [0.1, 0.15) is 0 Å². The topological polar surface area (TPSA) is 80.5 Å². The number of hydrogen-bond acceptors (Lipinski definition) is 4. The molecule has 0 unspecified atom stereocenters. The van der Waals surface area contributed by atoms with Gasteiger partial charge in [0.15, 0.2) is 0 Å². The number of nitrogens with two attached hydrogens (primary N) is 1. The van der Waals surface area contributed by atoms with E-state index in [1.807, 2.05) is 6.07 Å². The molecule has 1 heterocycles. The molecule has 0 fully saturated rings. The lowest BCUT2D eigenvalue weighted by atomic mass is 10.1. The Bertz CT molecular complexity index is 801. The van der Waals surface area contributed by atoms with E-state index >= 15 is 0 Å². The lowest BCUT2D eigenvalue weighted by Crippen LogP contribution is -2.36. The van der Waals surface area contributed by atoms with E-state index in [-0.39, 0.29) is 22.4 Å². The predicted octanol–water partition coefficient (Wildman–Crippen LogP) is 2.31. The third kappa shape index (κ3) is 2.11. The summed E-state index contributed by atoms with van der Waals surface area (Å²) in [7, 11) is 0. The minimum absolute atomic E-state index is 0.0986. The molecule has 5 nitrogen and oxygen atoms in total. The van der Waals surface area contributed by atoms with Gasteiger partial charge in [0.05, 0.1) is 11.1 Å². The first-order valence-corrected chi connectivity index (χ1v) is 7.15. The molecule has 0 radical (unpaired) electrons. The van der Waals surface area contributed by atoms with Crippen LogP contribution in [0.25, 0.3) is 0 Å². The average molecular weight is 392 g/mol. The number of nitrogen functional groups attached to an aromatic ring is 1. The maximum atomic E-state index is 12.4. The lowest BCUT2D eigenvalue weighted by Gasteiger charge is -2.12. The molecule has 0 aliphatic carbocycles. The molecule has 21 heavy (non-hydrogen) atoms. The number of imide groups is 3. The van der Waals surface area contributed by atoms with Crippen molar-refractivity contribution in [2.75, 3.05) is 5.73 Å². The molecule has 0 spiro atoms. The first-order chi connectivity index (χ1) is 10.0. The van der Waals surface area contributed by atoms with Crippen LogP contribution in [0, 0.1) is 3.57 Å². The van der Waals surface area contributed by atoms with Gasteiger partial charge in [-0.2, -0.15) is 0 Å². The third-order valence-corrected chi connectivity index (χ3v) is 3.89. The van der Waals surface area contributed by atoms with E-state index in [1.165, 1.54) is 12.1 Å². The quantitative estimate of drug-likeness (QED) is 0.459. The largest absolute Gasteiger partial charge is 0.398 e. The number of nitrogens with zero attached hydrogens (tertiary/aromatic N) is 1. The van der Waals surface area contributed by atoms with Crippen LogP contribution in [-0.2, 0) is 0 Å². The van der Waals surface area contributed by atoms with Crippen molar-refractivity contribution in [3.8, 4) is 0 Å². The Morgan fingerprint density at radius 2 is 1.76 bits per heavy atom. The molecule has 1 aliphatic rings. The molecule has 0 saturated heterocycles. The average Bonchev–Trinajstić information content (AvgIpc) is 2.71. The highest BCUT2D eigenvalue weighted by Gasteiger charge is 2.41. The van der Waals surface area contributed by atoms with E-state index in [0.29, 0.717) is 4.90 Å². The summed E-state index contributed by atoms with van der Waals surface area (Å²) in [4.78, 5) is 37.7. The highest BCUT2D eigenvalue weighted by Crippen LogP contribution is 2.28. The van der Waals surface area contributed by atoms with Crippen LogP contribution in [-0.4, -0.2) is 22.6 Å². The fraction of sp³-hybridized carbons (Fsp3) is 0. The van der Waals surface area contributed by atoms with Gasteiger partial charge in [-0.15, -0.1) is 0 Å². The SMILES string of the molecule is Nc1cccc2c1C(=O)N(C(=O)c1cccc(I)c1)C2=O. The van der Waals surface area contributed by atoms with Crippen molar-refractivity contribution < 1.29 is 14.4 Å². The zero-order chi connectivity index (χ0) is 15.1. The molecule has 3 amide bonds. The number of rotatable bonds is 1. The smallest absolute Gasteiger partial charge is 0.270 e. The number of benzene rings is 2. The molecule has 1 aliphatic heterocycles. The van der Waals surface area contributed by atoms with Gasteiger partial charge in [0.25, 0.3) is 17.7 Å². The van der Waals surface area contributed by atoms with Crippen LogP contribution in [0.15, 0.2) is 42.5 Å². The summed E-state index contributed by atoms with van der Waals surface area (Å²) in [5.41, 5.74) is 6.49. The van der Waals surface area contributed by atoms with Crippen molar-refractivity contribution in [1.82, 2.24) is 4.90 Å². The minimum atomic E-state index is -0.669. The Morgan fingerprint density at radius 3 is 2.43 bits per heavy atom. The van der Waals surface area contributed by atoms with Crippen molar-refractivity contribution in [2.45, 2.75) is 0 Å². The van der Waals surface area contributed by atoms with Crippen LogP contribution in [0.3, 0.4) is 0 Å². The van der Waals surface area contributed by atoms with Gasteiger partial charge in [-0.3, -0.25) is 14.4 Å². The van der Waals surface area contributed by atoms with Crippen molar-refractivity contribution >= 4 is 46.0 Å². The number of carbonyl (C=O) groups excluding carboxylic acids is 3. The van der Waals surface area contributed by atoms with Crippen molar-refractivity contribution in [3.63, 3.8) is 0 Å². The summed E-state index contributed by atoms with van der Waals surface area (Å²) in [5.74, 6) is -1.94. The summed E-state index contributed by atoms with van der Waals surface area (Å²) in [5, 5.41) is 0. The van der Waals surface area contributed by atoms with Gasteiger partial charge in [-0.25, -0.2) is 4.90 Å². The van der Waals surface area contributed by atoms with Crippen LogP contribution in [0.4, 0.5) is 5.69 Å². The lowest BCUT2D eigenvalue weighted by molar-refractivity contribution is 0.0566. The Morgan fingerprint density at radius 1 is 1.05 bits per heavy atom. The maximum Gasteiger partial charge on any atom is 0.270 e. The van der Waals surface area contributed by atoms with Crippen molar-refractivity contribution in [2.24, 2.45) is 0 Å². The van der Waals surface area contributed by atoms with Gasteiger partial charge < -0.3 is 5.73 Å². The first kappa shape index (κ1) is 13.7. The van der Waals surface area contributed by atoms with Gasteiger partial charge in [-0.05, 0) is 52.9 Å². The summed E-state index contributed by atoms with van der Waals surface area (Å²) in [6.07, 6.45) is 0. The maximum absolute atomic E-state index is 12.4. The molecule has 0 aromatic heterocycles. The van der Waals surface area contributed by atoms with E-state index in [2.05, 4.69) is 22.6 Å². The highest BCUT2D eigenvalue weighted by atomic mass is 127. The molecular formula is C15H9IN2O3. The van der Waals surface area contributed by atoms with E-state index < -0.39 is 17.7 Å². The molecule has 3 rings (SSSR count). The second-order valence-corrected chi connectivity index (χ2v) is 5.78. The first-order valence-electron chi connectivity index (χ1n) is 6.08. The van der Waals surface area contributed by atoms with Gasteiger partial charge >= 0.3 is 0 Å². The van der Waals surface area contributed by atoms with E-state index in [0.717, 1.165) is 3.57 Å². The molecule has 2 N–H and O–H groups in total. The number of hydrogen-bond donors (Lipinski definition) is 1. The number of fused-ring (bicyclic) bond motifs is 1. The molecule has 6 heteroatoms. The normalized spacial score (nSPS) is 13.5. The molecule has 0 bridgehead atoms. The fourth-order valence-corrected chi connectivity index (χ4v) is 2.79. The monoisotopic (exact) mass is 392 g/mol. The number of anilines is 1. The molecule has 0 saturated carbocycles. The number of halogens is 1. The third-order valence-electron chi connectivity index (χ3n) is 3.22. The van der Waals surface area contributed by atoms with Crippen LogP contribution in [0.5, 0.6) is 0 Å². The Kier molecular flexibility index (Phi) is 3.25. The minimum Gasteiger partial charge on any atom is -0.398 e. The highest BCUT2D eigenvalue weighted by molar-refractivity contribution is 14.1. The van der Waals surface area contributed by atoms with Crippen LogP contribution in [0.2, 0.25) is 0 Å². The van der Waals surface area contributed by atoms with E-state index in [1.54, 1.807) is 24.3 Å². The summed E-state index contributed by atoms with van der Waals surface area (Å²) in [6, 6.07) is 11.3. The molecule has 0 atom stereocenters. The summed E-state index contributed by atoms with van der Waals surface area (Å²) in [6.45, 7) is 0. The van der Waals surface area contributed by atoms with Crippen LogP contribution < -0.4 is 5.73 Å². The zero-order valence-electron chi connectivity index (χ0n) is 10.7. The van der Waals surface area contributed by atoms with Crippen molar-refractivity contribution in [1.29, 1.82) is 0 Å². The van der Waals surface area contributed by atoms with Gasteiger partial charge in [-0.1, -0.05) is 12.1 Å². The second kappa shape index (κ2) is 4.96. The predicted molar refractivity (Wildman–Crippen MR) is 84.8 cm³/mol. The van der Waals surface area contributed by atoms with Crippen LogP contribution >= 0.6 is 22.6 Å². The van der Waals surface area contributed by atoms with Gasteiger partial charge in [0.2, 0.25) is 0 Å². The molecule has 2 aromatic carbocycles. The molecular weight excluding hydrogens is 383 g/mol. The molecule has 2 aromatic rings. The summed E-state index contributed by atoms with van der Waals surface area (Å²) >= 11 is 2.06. The van der Waals surface area contributed by atoms with Gasteiger partial charge in [0, 0.05) is 14.8 Å². The van der Waals surface area contributed by atoms with E-state index in [4.69, 9.17) is 5.73 Å². The van der Waals surface area contributed by atoms with Crippen molar-refractivity contribution in [3.05, 3.63) is 62.7 Å². The second-order valence-electron chi connectivity index (χ2n) is 4.53. The fourth-order valence-electron chi connectivity index (χ4n) is 2.25. The zero-order valence-corrected chi connectivity index (χ0v) is 12.8.